The van der Waals surface area contributed by atoms with Crippen LogP contribution in [-0.4, -0.2) is 25.3 Å². The quantitative estimate of drug-likeness (QED) is 0.482. The fourth-order valence-electron chi connectivity index (χ4n) is 1.38. The summed E-state index contributed by atoms with van der Waals surface area (Å²) >= 11 is 0. The molecule has 46 valence electrons. The summed E-state index contributed by atoms with van der Waals surface area (Å²) < 4.78 is 5.41. The van der Waals surface area contributed by atoms with Crippen molar-refractivity contribution in [2.24, 2.45) is 0 Å². The van der Waals surface area contributed by atoms with Gasteiger partial charge in [-0.3, -0.25) is 0 Å². The second-order valence-corrected chi connectivity index (χ2v) is 2.57. The molecule has 2 aliphatic heterocycles. The van der Waals surface area contributed by atoms with Crippen LogP contribution in [0.2, 0.25) is 0 Å². The van der Waals surface area contributed by atoms with Crippen LogP contribution in [0, 0.1) is 0 Å². The first-order chi connectivity index (χ1) is 3.97. The van der Waals surface area contributed by atoms with Gasteiger partial charge in [-0.1, -0.05) is 0 Å². The van der Waals surface area contributed by atoms with Gasteiger partial charge in [0.25, 0.3) is 0 Å². The van der Waals surface area contributed by atoms with Crippen LogP contribution in [-0.2, 0) is 4.74 Å². The van der Waals surface area contributed by atoms with Crippen molar-refractivity contribution in [1.29, 1.82) is 0 Å². The lowest BCUT2D eigenvalue weighted by molar-refractivity contribution is -0.0523. The third-order valence-electron chi connectivity index (χ3n) is 2.02. The van der Waals surface area contributed by atoms with Gasteiger partial charge in [-0.25, -0.2) is 0 Å². The van der Waals surface area contributed by atoms with E-state index in [1.807, 2.05) is 0 Å². The van der Waals surface area contributed by atoms with Gasteiger partial charge in [-0.2, -0.15) is 0 Å². The van der Waals surface area contributed by atoms with Crippen LogP contribution < -0.4 is 5.32 Å². The van der Waals surface area contributed by atoms with Crippen LogP contribution in [0.5, 0.6) is 0 Å². The molecule has 2 heteroatoms. The Labute approximate surface area is 49.2 Å². The molecule has 2 nitrogen and oxygen atoms in total. The van der Waals surface area contributed by atoms with Crippen molar-refractivity contribution in [3.63, 3.8) is 0 Å². The maximum Gasteiger partial charge on any atom is 0.0852 e. The van der Waals surface area contributed by atoms with Gasteiger partial charge in [-0.15, -0.1) is 0 Å². The Balaban J connectivity index is 1.92. The fourth-order valence-corrected chi connectivity index (χ4v) is 1.38. The van der Waals surface area contributed by atoms with Crippen LogP contribution in [0.25, 0.3) is 0 Å². The molecule has 2 rings (SSSR count). The maximum atomic E-state index is 5.41. The first-order valence-corrected chi connectivity index (χ1v) is 3.32. The highest BCUT2D eigenvalue weighted by molar-refractivity contribution is 4.91. The number of ether oxygens (including phenoxy) is 1. The number of nitrogens with one attached hydrogen (secondary N) is 1. The van der Waals surface area contributed by atoms with E-state index in [1.165, 1.54) is 12.8 Å². The van der Waals surface area contributed by atoms with Gasteiger partial charge in [0.1, 0.15) is 0 Å². The van der Waals surface area contributed by atoms with E-state index < -0.39 is 0 Å². The Morgan fingerprint density at radius 2 is 2.50 bits per heavy atom. The van der Waals surface area contributed by atoms with Gasteiger partial charge in [0, 0.05) is 19.2 Å². The molecule has 0 amide bonds. The fraction of sp³-hybridized carbons (Fsp3) is 1.00. The molecule has 0 aromatic rings. The second kappa shape index (κ2) is 1.71. The third kappa shape index (κ3) is 0.565. The molecular formula is C6H11NO. The third-order valence-corrected chi connectivity index (χ3v) is 2.02. The highest BCUT2D eigenvalue weighted by Gasteiger charge is 2.32. The molecule has 0 bridgehead atoms. The lowest BCUT2D eigenvalue weighted by Gasteiger charge is -2.41. The number of rotatable bonds is 0. The van der Waals surface area contributed by atoms with E-state index in [2.05, 4.69) is 5.32 Å². The van der Waals surface area contributed by atoms with Crippen molar-refractivity contribution in [3.8, 4) is 0 Å². The highest BCUT2D eigenvalue weighted by Crippen LogP contribution is 2.19. The molecule has 8 heavy (non-hydrogen) atoms. The summed E-state index contributed by atoms with van der Waals surface area (Å²) in [6.45, 7) is 2.08. The van der Waals surface area contributed by atoms with E-state index in [0.717, 1.165) is 13.2 Å². The molecule has 0 aromatic carbocycles. The zero-order valence-corrected chi connectivity index (χ0v) is 4.89. The van der Waals surface area contributed by atoms with Gasteiger partial charge in [0.15, 0.2) is 0 Å². The van der Waals surface area contributed by atoms with Crippen molar-refractivity contribution in [2.45, 2.75) is 25.0 Å². The van der Waals surface area contributed by atoms with E-state index >= 15 is 0 Å². The largest absolute Gasteiger partial charge is 0.375 e. The molecule has 0 aromatic heterocycles. The smallest absolute Gasteiger partial charge is 0.0852 e. The van der Waals surface area contributed by atoms with Gasteiger partial charge in [0.05, 0.1) is 6.10 Å². The molecular weight excluding hydrogens is 102 g/mol. The SMILES string of the molecule is C1COC2CNC2C1. The van der Waals surface area contributed by atoms with Crippen molar-refractivity contribution in [2.75, 3.05) is 13.2 Å². The minimum atomic E-state index is 0.573. The summed E-state index contributed by atoms with van der Waals surface area (Å²) in [5.74, 6) is 0. The van der Waals surface area contributed by atoms with Gasteiger partial charge < -0.3 is 10.1 Å². The summed E-state index contributed by atoms with van der Waals surface area (Å²) in [6, 6.07) is 0.712. The first kappa shape index (κ1) is 4.77. The molecule has 2 atom stereocenters. The summed E-state index contributed by atoms with van der Waals surface area (Å²) in [5, 5.41) is 3.32. The predicted molar refractivity (Wildman–Crippen MR) is 30.8 cm³/mol. The van der Waals surface area contributed by atoms with Crippen LogP contribution >= 0.6 is 0 Å². The van der Waals surface area contributed by atoms with E-state index in [1.54, 1.807) is 0 Å². The van der Waals surface area contributed by atoms with E-state index in [-0.39, 0.29) is 0 Å². The minimum absolute atomic E-state index is 0.573. The molecule has 0 radical (unpaired) electrons. The molecule has 2 saturated heterocycles. The number of fused-ring (bicyclic) bond motifs is 1. The van der Waals surface area contributed by atoms with Crippen molar-refractivity contribution in [1.82, 2.24) is 5.32 Å². The van der Waals surface area contributed by atoms with Gasteiger partial charge >= 0.3 is 0 Å². The van der Waals surface area contributed by atoms with Crippen molar-refractivity contribution < 1.29 is 4.74 Å². The summed E-state index contributed by atoms with van der Waals surface area (Å²) in [5.41, 5.74) is 0. The average Bonchev–Trinajstić information content (AvgIpc) is 1.72. The topological polar surface area (TPSA) is 21.3 Å². The first-order valence-electron chi connectivity index (χ1n) is 3.32. The van der Waals surface area contributed by atoms with Gasteiger partial charge in [0.2, 0.25) is 0 Å². The normalized spacial score (nSPS) is 45.0. The van der Waals surface area contributed by atoms with Crippen LogP contribution in [0.15, 0.2) is 0 Å². The summed E-state index contributed by atoms with van der Waals surface area (Å²) in [7, 11) is 0. The maximum absolute atomic E-state index is 5.41. The second-order valence-electron chi connectivity index (χ2n) is 2.57. The monoisotopic (exact) mass is 113 g/mol. The zero-order valence-electron chi connectivity index (χ0n) is 4.89. The van der Waals surface area contributed by atoms with Crippen LogP contribution in [0.1, 0.15) is 12.8 Å². The van der Waals surface area contributed by atoms with E-state index in [4.69, 9.17) is 4.74 Å². The Morgan fingerprint density at radius 1 is 1.50 bits per heavy atom. The minimum Gasteiger partial charge on any atom is -0.375 e. The lowest BCUT2D eigenvalue weighted by Crippen LogP contribution is -2.60. The zero-order chi connectivity index (χ0) is 5.40. The molecule has 1 N–H and O–H groups in total. The molecule has 2 aliphatic rings. The summed E-state index contributed by atoms with van der Waals surface area (Å²) in [6.07, 6.45) is 3.14. The summed E-state index contributed by atoms with van der Waals surface area (Å²) in [4.78, 5) is 0. The Morgan fingerprint density at radius 3 is 2.88 bits per heavy atom. The Bertz CT molecular complexity index is 82.5. The van der Waals surface area contributed by atoms with Crippen molar-refractivity contribution in [3.05, 3.63) is 0 Å². The van der Waals surface area contributed by atoms with Crippen LogP contribution in [0.4, 0.5) is 0 Å². The molecule has 2 heterocycles. The number of hydrogen-bond acceptors (Lipinski definition) is 2. The molecule has 2 unspecified atom stereocenters. The molecule has 0 aliphatic carbocycles. The molecule has 0 spiro atoms. The Kier molecular flexibility index (Phi) is 1.02. The number of hydrogen-bond donors (Lipinski definition) is 1. The predicted octanol–water partition coefficient (Wildman–Crippen LogP) is 0.137. The van der Waals surface area contributed by atoms with Crippen LogP contribution in [0.3, 0.4) is 0 Å². The highest BCUT2D eigenvalue weighted by atomic mass is 16.5. The van der Waals surface area contributed by atoms with Crippen molar-refractivity contribution >= 4 is 0 Å². The van der Waals surface area contributed by atoms with Gasteiger partial charge in [-0.05, 0) is 12.8 Å². The standard InChI is InChI=1S/C6H11NO/c1-2-5-6(4-7-5)8-3-1/h5-7H,1-4H2. The average molecular weight is 113 g/mol. The lowest BCUT2D eigenvalue weighted by atomic mass is 9.96. The Hall–Kier alpha value is -0.0800. The van der Waals surface area contributed by atoms with E-state index in [0.29, 0.717) is 12.1 Å². The molecule has 2 fully saturated rings. The molecule has 0 saturated carbocycles. The van der Waals surface area contributed by atoms with E-state index in [9.17, 15) is 0 Å².